The molecule has 0 saturated carbocycles. The lowest BCUT2D eigenvalue weighted by Crippen LogP contribution is -2.14. The summed E-state index contributed by atoms with van der Waals surface area (Å²) >= 11 is 0. The maximum Gasteiger partial charge on any atom is 0.174 e. The Morgan fingerprint density at radius 2 is 2.07 bits per heavy atom. The zero-order chi connectivity index (χ0) is 19.9. The van der Waals surface area contributed by atoms with Crippen LogP contribution in [0.5, 0.6) is 0 Å². The fourth-order valence-corrected chi connectivity index (χ4v) is 5.88. The summed E-state index contributed by atoms with van der Waals surface area (Å²) in [5.74, 6) is 1.88. The Balaban J connectivity index is 1.72. The van der Waals surface area contributed by atoms with Crippen molar-refractivity contribution in [3.05, 3.63) is 28.6 Å². The summed E-state index contributed by atoms with van der Waals surface area (Å²) in [7, 11) is -2.99. The van der Waals surface area contributed by atoms with E-state index in [1.54, 1.807) is 0 Å². The number of aromatic nitrogens is 5. The van der Waals surface area contributed by atoms with Gasteiger partial charge in [-0.25, -0.2) is 8.42 Å². The first-order valence-electron chi connectivity index (χ1n) is 9.70. The molecule has 0 spiro atoms. The van der Waals surface area contributed by atoms with Crippen molar-refractivity contribution < 1.29 is 8.42 Å². The van der Waals surface area contributed by atoms with Gasteiger partial charge in [-0.3, -0.25) is 4.68 Å². The second kappa shape index (κ2) is 7.17. The Kier molecular flexibility index (Phi) is 4.83. The number of nitriles is 1. The molecule has 9 heteroatoms. The molecule has 8 nitrogen and oxygen atoms in total. The van der Waals surface area contributed by atoms with E-state index in [4.69, 9.17) is 0 Å². The summed E-state index contributed by atoms with van der Waals surface area (Å²) in [6, 6.07) is 2.14. The average molecular weight is 401 g/mol. The average Bonchev–Trinajstić information content (AvgIpc) is 3.24. The minimum atomic E-state index is -2.99. The second-order valence-electron chi connectivity index (χ2n) is 7.66. The van der Waals surface area contributed by atoms with Crippen LogP contribution in [0.2, 0.25) is 0 Å². The molecule has 1 atom stereocenters. The lowest BCUT2D eigenvalue weighted by molar-refractivity contribution is 0.486. The third-order valence-electron chi connectivity index (χ3n) is 5.69. The van der Waals surface area contributed by atoms with Gasteiger partial charge < -0.3 is 4.57 Å². The largest absolute Gasteiger partial charge is 0.310 e. The summed E-state index contributed by atoms with van der Waals surface area (Å²) in [4.78, 5) is 0. The first-order valence-corrected chi connectivity index (χ1v) is 11.5. The van der Waals surface area contributed by atoms with E-state index >= 15 is 0 Å². The van der Waals surface area contributed by atoms with Crippen molar-refractivity contribution in [2.24, 2.45) is 0 Å². The first kappa shape index (κ1) is 18.9. The molecular weight excluding hydrogens is 376 g/mol. The molecular formula is C19H24N6O2S. The third-order valence-corrected chi connectivity index (χ3v) is 7.45. The van der Waals surface area contributed by atoms with Crippen molar-refractivity contribution in [1.82, 2.24) is 24.5 Å². The number of hydrogen-bond acceptors (Lipinski definition) is 6. The fraction of sp³-hybridized carbons (Fsp3) is 0.579. The van der Waals surface area contributed by atoms with Crippen LogP contribution in [0.4, 0.5) is 0 Å². The fourth-order valence-electron chi connectivity index (χ4n) is 4.18. The predicted octanol–water partition coefficient (Wildman–Crippen LogP) is 2.24. The minimum absolute atomic E-state index is 0.126. The molecule has 0 unspecified atom stereocenters. The van der Waals surface area contributed by atoms with Gasteiger partial charge in [0.1, 0.15) is 11.9 Å². The lowest BCUT2D eigenvalue weighted by Gasteiger charge is -2.11. The summed E-state index contributed by atoms with van der Waals surface area (Å²) in [6.07, 6.45) is 6.60. The molecule has 2 aromatic rings. The van der Waals surface area contributed by atoms with E-state index < -0.39 is 9.84 Å². The Hall–Kier alpha value is -2.47. The molecule has 1 fully saturated rings. The number of hydrogen-bond donors (Lipinski definition) is 0. The first-order chi connectivity index (χ1) is 13.4. The van der Waals surface area contributed by atoms with Crippen molar-refractivity contribution in [3.63, 3.8) is 0 Å². The Labute approximate surface area is 164 Å². The van der Waals surface area contributed by atoms with Gasteiger partial charge >= 0.3 is 0 Å². The van der Waals surface area contributed by atoms with Crippen molar-refractivity contribution in [1.29, 1.82) is 5.26 Å². The van der Waals surface area contributed by atoms with Gasteiger partial charge in [-0.05, 0) is 39.2 Å². The molecule has 0 radical (unpaired) electrons. The van der Waals surface area contributed by atoms with E-state index in [0.29, 0.717) is 17.8 Å². The van der Waals surface area contributed by atoms with E-state index in [9.17, 15) is 13.7 Å². The van der Waals surface area contributed by atoms with Gasteiger partial charge in [-0.1, -0.05) is 6.42 Å². The maximum atomic E-state index is 11.8. The molecule has 4 heterocycles. The molecule has 0 bridgehead atoms. The zero-order valence-electron chi connectivity index (χ0n) is 16.2. The highest BCUT2D eigenvalue weighted by Gasteiger charge is 2.31. The molecule has 0 aliphatic carbocycles. The molecule has 2 aromatic heterocycles. The number of nitrogens with zero attached hydrogens (tertiary/aromatic N) is 6. The van der Waals surface area contributed by atoms with E-state index in [0.717, 1.165) is 55.0 Å². The maximum absolute atomic E-state index is 11.8. The third kappa shape index (κ3) is 3.37. The molecule has 0 aromatic carbocycles. The monoisotopic (exact) mass is 400 g/mol. The van der Waals surface area contributed by atoms with Gasteiger partial charge in [0.15, 0.2) is 15.7 Å². The second-order valence-corrected chi connectivity index (χ2v) is 9.89. The van der Waals surface area contributed by atoms with Crippen molar-refractivity contribution in [2.45, 2.75) is 58.5 Å². The van der Waals surface area contributed by atoms with Crippen LogP contribution in [0, 0.1) is 25.2 Å². The van der Waals surface area contributed by atoms with Gasteiger partial charge in [0, 0.05) is 24.2 Å². The summed E-state index contributed by atoms with van der Waals surface area (Å²) in [6.45, 7) is 4.64. The highest BCUT2D eigenvalue weighted by molar-refractivity contribution is 7.91. The van der Waals surface area contributed by atoms with Crippen LogP contribution in [0.25, 0.3) is 11.6 Å². The molecule has 1 saturated heterocycles. The van der Waals surface area contributed by atoms with E-state index in [1.807, 2.05) is 24.6 Å². The molecule has 28 heavy (non-hydrogen) atoms. The zero-order valence-corrected chi connectivity index (χ0v) is 17.0. The van der Waals surface area contributed by atoms with Gasteiger partial charge in [0.2, 0.25) is 0 Å². The number of allylic oxidation sites excluding steroid dienone is 1. The Bertz CT molecular complexity index is 1090. The van der Waals surface area contributed by atoms with Crippen molar-refractivity contribution in [2.75, 3.05) is 11.5 Å². The highest BCUT2D eigenvalue weighted by Crippen LogP contribution is 2.29. The van der Waals surface area contributed by atoms with Crippen LogP contribution in [-0.4, -0.2) is 44.5 Å². The van der Waals surface area contributed by atoms with Crippen LogP contribution in [0.3, 0.4) is 0 Å². The molecule has 2 aliphatic heterocycles. The van der Waals surface area contributed by atoms with Crippen LogP contribution in [-0.2, 0) is 22.8 Å². The molecule has 2 aliphatic rings. The Morgan fingerprint density at radius 1 is 1.25 bits per heavy atom. The van der Waals surface area contributed by atoms with E-state index in [-0.39, 0.29) is 17.5 Å². The van der Waals surface area contributed by atoms with Gasteiger partial charge in [-0.2, -0.15) is 10.4 Å². The summed E-state index contributed by atoms with van der Waals surface area (Å²) < 4.78 is 27.6. The van der Waals surface area contributed by atoms with Crippen LogP contribution < -0.4 is 0 Å². The smallest absolute Gasteiger partial charge is 0.174 e. The van der Waals surface area contributed by atoms with Crippen LogP contribution in [0.1, 0.15) is 60.3 Å². The van der Waals surface area contributed by atoms with Crippen molar-refractivity contribution in [3.8, 4) is 6.07 Å². The van der Waals surface area contributed by atoms with Crippen LogP contribution in [0.15, 0.2) is 0 Å². The Morgan fingerprint density at radius 3 is 2.79 bits per heavy atom. The van der Waals surface area contributed by atoms with Crippen LogP contribution >= 0.6 is 0 Å². The quantitative estimate of drug-likeness (QED) is 0.732. The minimum Gasteiger partial charge on any atom is -0.310 e. The predicted molar refractivity (Wildman–Crippen MR) is 105 cm³/mol. The summed E-state index contributed by atoms with van der Waals surface area (Å²) in [5, 5.41) is 23.0. The lowest BCUT2D eigenvalue weighted by atomic mass is 10.1. The van der Waals surface area contributed by atoms with Gasteiger partial charge in [-0.15, -0.1) is 10.2 Å². The number of rotatable bonds is 3. The van der Waals surface area contributed by atoms with E-state index in [1.165, 1.54) is 0 Å². The molecule has 0 N–H and O–H groups in total. The molecule has 0 amide bonds. The number of fused-ring (bicyclic) bond motifs is 1. The highest BCUT2D eigenvalue weighted by atomic mass is 32.2. The molecule has 4 rings (SSSR count). The SMILES string of the molecule is Cc1nn([C@H]2CCS(=O)(=O)C2)c(C)c1/C=C(\C#N)c1nnc2n1CCCCC2. The molecule has 148 valence electrons. The van der Waals surface area contributed by atoms with Gasteiger partial charge in [0.25, 0.3) is 0 Å². The topological polar surface area (TPSA) is 106 Å². The number of aryl methyl sites for hydroxylation is 2. The summed E-state index contributed by atoms with van der Waals surface area (Å²) in [5.41, 5.74) is 2.98. The van der Waals surface area contributed by atoms with Gasteiger partial charge in [0.05, 0.1) is 28.8 Å². The van der Waals surface area contributed by atoms with E-state index in [2.05, 4.69) is 25.9 Å². The standard InChI is InChI=1S/C19H24N6O2S/c1-13-17(14(2)25(23-13)16-7-9-28(26,27)12-16)10-15(11-20)19-22-21-18-6-4-3-5-8-24(18)19/h10,16H,3-9,12H2,1-2H3/b15-10+/t16-/m0/s1. The van der Waals surface area contributed by atoms with Crippen molar-refractivity contribution >= 4 is 21.5 Å². The number of sulfone groups is 1. The normalized spacial score (nSPS) is 21.9.